The molecule has 0 radical (unpaired) electrons. The molecule has 0 atom stereocenters. The van der Waals surface area contributed by atoms with Gasteiger partial charge in [0.15, 0.2) is 16.6 Å². The molecule has 0 N–H and O–H groups in total. The minimum atomic E-state index is -1.73. The van der Waals surface area contributed by atoms with Gasteiger partial charge in [-0.25, -0.2) is 0 Å². The van der Waals surface area contributed by atoms with Crippen molar-refractivity contribution in [1.29, 1.82) is 0 Å². The zero-order valence-corrected chi connectivity index (χ0v) is 13.2. The van der Waals surface area contributed by atoms with Crippen molar-refractivity contribution in [3.8, 4) is 0 Å². The lowest BCUT2D eigenvalue weighted by atomic mass is 10.2. The first-order chi connectivity index (χ1) is 7.85. The second-order valence-corrected chi connectivity index (χ2v) is 13.2. The molecule has 0 aliphatic heterocycles. The number of benzene rings is 1. The van der Waals surface area contributed by atoms with Crippen LogP contribution in [0.25, 0.3) is 6.08 Å². The van der Waals surface area contributed by atoms with Crippen molar-refractivity contribution in [2.24, 2.45) is 0 Å². The summed E-state index contributed by atoms with van der Waals surface area (Å²) in [7, 11) is -3.41. The van der Waals surface area contributed by atoms with Gasteiger partial charge in [-0.2, -0.15) is 0 Å². The maximum Gasteiger partial charge on any atom is 0.198 e. The van der Waals surface area contributed by atoms with Gasteiger partial charge < -0.3 is 4.12 Å². The Balaban J connectivity index is 2.73. The van der Waals surface area contributed by atoms with Crippen LogP contribution in [0.3, 0.4) is 0 Å². The molecule has 1 rings (SSSR count). The topological polar surface area (TPSA) is 9.23 Å². The molecule has 1 aromatic carbocycles. The van der Waals surface area contributed by atoms with Crippen molar-refractivity contribution in [3.05, 3.63) is 53.9 Å². The van der Waals surface area contributed by atoms with E-state index in [0.29, 0.717) is 0 Å². The SMILES string of the molecule is C=C[Si](C)(C)O[Si](C)(C)/C=C/c1ccccc1. The van der Waals surface area contributed by atoms with Crippen LogP contribution in [0.2, 0.25) is 26.2 Å². The molecule has 0 aromatic heterocycles. The highest BCUT2D eigenvalue weighted by molar-refractivity contribution is 6.89. The van der Waals surface area contributed by atoms with Crippen LogP contribution >= 0.6 is 0 Å². The summed E-state index contributed by atoms with van der Waals surface area (Å²) < 4.78 is 6.27. The molecule has 0 fully saturated rings. The molecule has 0 aliphatic carbocycles. The Morgan fingerprint density at radius 2 is 1.59 bits per heavy atom. The first kappa shape index (κ1) is 14.2. The van der Waals surface area contributed by atoms with Crippen LogP contribution in [0.5, 0.6) is 0 Å². The summed E-state index contributed by atoms with van der Waals surface area (Å²) in [6, 6.07) is 10.4. The summed E-state index contributed by atoms with van der Waals surface area (Å²) >= 11 is 0. The molecule has 0 unspecified atom stereocenters. The third-order valence-electron chi connectivity index (χ3n) is 2.49. The predicted molar refractivity (Wildman–Crippen MR) is 81.7 cm³/mol. The Kier molecular flexibility index (Phi) is 4.68. The van der Waals surface area contributed by atoms with Gasteiger partial charge in [0.05, 0.1) is 0 Å². The van der Waals surface area contributed by atoms with Crippen LogP contribution in [-0.4, -0.2) is 16.6 Å². The van der Waals surface area contributed by atoms with E-state index >= 15 is 0 Å². The lowest BCUT2D eigenvalue weighted by Gasteiger charge is -2.29. The molecule has 0 amide bonds. The van der Waals surface area contributed by atoms with E-state index in [-0.39, 0.29) is 0 Å². The van der Waals surface area contributed by atoms with E-state index in [1.54, 1.807) is 0 Å². The van der Waals surface area contributed by atoms with Gasteiger partial charge in [-0.05, 0) is 31.8 Å². The fraction of sp³-hybridized carbons (Fsp3) is 0.286. The smallest absolute Gasteiger partial charge is 0.198 e. The van der Waals surface area contributed by atoms with Crippen LogP contribution in [0, 0.1) is 0 Å². The van der Waals surface area contributed by atoms with Crippen LogP contribution in [-0.2, 0) is 4.12 Å². The second kappa shape index (κ2) is 5.62. The second-order valence-electron chi connectivity index (χ2n) is 5.26. The Labute approximate surface area is 107 Å². The van der Waals surface area contributed by atoms with Crippen LogP contribution in [0.1, 0.15) is 5.56 Å². The van der Waals surface area contributed by atoms with Crippen LogP contribution in [0.4, 0.5) is 0 Å². The fourth-order valence-electron chi connectivity index (χ4n) is 1.61. The van der Waals surface area contributed by atoms with Gasteiger partial charge in [0.2, 0.25) is 0 Å². The summed E-state index contributed by atoms with van der Waals surface area (Å²) in [4.78, 5) is 0. The molecule has 0 saturated carbocycles. The molecule has 0 bridgehead atoms. The predicted octanol–water partition coefficient (Wildman–Crippen LogP) is 4.39. The summed E-state index contributed by atoms with van der Waals surface area (Å²) in [5, 5.41) is 0. The molecule has 1 aromatic rings. The van der Waals surface area contributed by atoms with Gasteiger partial charge in [0, 0.05) is 0 Å². The summed E-state index contributed by atoms with van der Waals surface area (Å²) in [5.41, 5.74) is 5.48. The van der Waals surface area contributed by atoms with E-state index in [4.69, 9.17) is 4.12 Å². The highest BCUT2D eigenvalue weighted by Crippen LogP contribution is 2.17. The Morgan fingerprint density at radius 1 is 1.00 bits per heavy atom. The normalized spacial score (nSPS) is 12.9. The first-order valence-corrected chi connectivity index (χ1v) is 11.9. The van der Waals surface area contributed by atoms with Gasteiger partial charge in [0.1, 0.15) is 0 Å². The third-order valence-corrected chi connectivity index (χ3v) is 8.66. The van der Waals surface area contributed by atoms with E-state index in [1.807, 2.05) is 11.8 Å². The first-order valence-electron chi connectivity index (χ1n) is 5.93. The zero-order chi connectivity index (χ0) is 12.9. The van der Waals surface area contributed by atoms with Gasteiger partial charge >= 0.3 is 0 Å². The van der Waals surface area contributed by atoms with Crippen molar-refractivity contribution in [2.75, 3.05) is 0 Å². The van der Waals surface area contributed by atoms with Crippen molar-refractivity contribution < 1.29 is 4.12 Å². The molecule has 92 valence electrons. The van der Waals surface area contributed by atoms with Crippen LogP contribution < -0.4 is 0 Å². The molecule has 0 aliphatic rings. The van der Waals surface area contributed by atoms with E-state index in [0.717, 1.165) is 0 Å². The van der Waals surface area contributed by atoms with Gasteiger partial charge in [0.25, 0.3) is 0 Å². The molecule has 0 spiro atoms. The van der Waals surface area contributed by atoms with Crippen LogP contribution in [0.15, 0.2) is 48.3 Å². The van der Waals surface area contributed by atoms with Gasteiger partial charge in [-0.3, -0.25) is 0 Å². The Bertz CT molecular complexity index is 394. The van der Waals surface area contributed by atoms with Gasteiger partial charge in [-0.15, -0.1) is 6.58 Å². The average Bonchev–Trinajstić information content (AvgIpc) is 2.27. The van der Waals surface area contributed by atoms with Crippen molar-refractivity contribution in [3.63, 3.8) is 0 Å². The standard InChI is InChI=1S/C14H22OSi2/c1-6-16(2,3)15-17(4,5)13-12-14-10-8-7-9-11-14/h6-13H,1H2,2-5H3/b13-12+. The number of hydrogen-bond acceptors (Lipinski definition) is 1. The van der Waals surface area contributed by atoms with Crippen molar-refractivity contribution in [2.45, 2.75) is 26.2 Å². The highest BCUT2D eigenvalue weighted by atomic mass is 28.4. The fourth-order valence-corrected chi connectivity index (χ4v) is 8.24. The lowest BCUT2D eigenvalue weighted by molar-refractivity contribution is 0.571. The highest BCUT2D eigenvalue weighted by Gasteiger charge is 2.28. The lowest BCUT2D eigenvalue weighted by Crippen LogP contribution is -2.41. The minimum Gasteiger partial charge on any atom is -0.449 e. The Morgan fingerprint density at radius 3 is 2.12 bits per heavy atom. The van der Waals surface area contributed by atoms with Crippen molar-refractivity contribution in [1.82, 2.24) is 0 Å². The quantitative estimate of drug-likeness (QED) is 0.715. The largest absolute Gasteiger partial charge is 0.449 e. The number of hydrogen-bond donors (Lipinski definition) is 0. The summed E-state index contributed by atoms with van der Waals surface area (Å²) in [6.45, 7) is 12.7. The molecular weight excluding hydrogens is 240 g/mol. The molecule has 3 heteroatoms. The molecule has 0 saturated heterocycles. The summed E-state index contributed by atoms with van der Waals surface area (Å²) in [5.74, 6) is 0. The maximum absolute atomic E-state index is 6.27. The molecule has 17 heavy (non-hydrogen) atoms. The average molecular weight is 263 g/mol. The Hall–Kier alpha value is -0.906. The molecular formula is C14H22OSi2. The molecule has 0 heterocycles. The van der Waals surface area contributed by atoms with E-state index < -0.39 is 16.6 Å². The third kappa shape index (κ3) is 5.30. The van der Waals surface area contributed by atoms with E-state index in [2.05, 4.69) is 68.8 Å². The zero-order valence-electron chi connectivity index (χ0n) is 11.2. The van der Waals surface area contributed by atoms with E-state index in [9.17, 15) is 0 Å². The maximum atomic E-state index is 6.27. The van der Waals surface area contributed by atoms with E-state index in [1.165, 1.54) is 5.56 Å². The minimum absolute atomic E-state index is 1.23. The monoisotopic (exact) mass is 262 g/mol. The van der Waals surface area contributed by atoms with Crippen molar-refractivity contribution >= 4 is 22.7 Å². The summed E-state index contributed by atoms with van der Waals surface area (Å²) in [6.07, 6.45) is 2.17. The molecule has 1 nitrogen and oxygen atoms in total. The van der Waals surface area contributed by atoms with Gasteiger partial charge in [-0.1, -0.05) is 47.8 Å². The number of rotatable bonds is 5.